The lowest BCUT2D eigenvalue weighted by Crippen LogP contribution is -1.95. The summed E-state index contributed by atoms with van der Waals surface area (Å²) in [5, 5.41) is 0. The number of fused-ring (bicyclic) bond motifs is 1. The minimum absolute atomic E-state index is 0.132. The van der Waals surface area contributed by atoms with E-state index in [0.29, 0.717) is 17.9 Å². The van der Waals surface area contributed by atoms with Gasteiger partial charge in [-0.15, -0.1) is 0 Å². The minimum atomic E-state index is 0.132. The minimum Gasteiger partial charge on any atom is -0.441 e. The number of oxazole rings is 1. The molecule has 0 N–H and O–H groups in total. The monoisotopic (exact) mass is 189 g/mol. The van der Waals surface area contributed by atoms with Crippen LogP contribution in [0.25, 0.3) is 11.1 Å². The van der Waals surface area contributed by atoms with Gasteiger partial charge in [-0.25, -0.2) is 4.98 Å². The molecule has 0 aliphatic rings. The third-order valence-corrected chi connectivity index (χ3v) is 2.14. The lowest BCUT2D eigenvalue weighted by atomic mass is 10.1. The van der Waals surface area contributed by atoms with Crippen LogP contribution in [0.4, 0.5) is 0 Å². The van der Waals surface area contributed by atoms with Gasteiger partial charge in [0.15, 0.2) is 17.3 Å². The quantitative estimate of drug-likeness (QED) is 0.682. The summed E-state index contributed by atoms with van der Waals surface area (Å²) in [6.07, 6.45) is 0.516. The number of aromatic nitrogens is 1. The molecule has 0 aliphatic heterocycles. The van der Waals surface area contributed by atoms with Gasteiger partial charge in [0.1, 0.15) is 5.52 Å². The van der Waals surface area contributed by atoms with Crippen LogP contribution in [0.2, 0.25) is 0 Å². The fourth-order valence-corrected chi connectivity index (χ4v) is 1.42. The summed E-state index contributed by atoms with van der Waals surface area (Å²) in [6.45, 7) is 3.64. The Morgan fingerprint density at radius 2 is 2.29 bits per heavy atom. The van der Waals surface area contributed by atoms with Gasteiger partial charge in [0.2, 0.25) is 0 Å². The molecule has 0 spiro atoms. The van der Waals surface area contributed by atoms with Gasteiger partial charge >= 0.3 is 0 Å². The van der Waals surface area contributed by atoms with E-state index < -0.39 is 0 Å². The summed E-state index contributed by atoms with van der Waals surface area (Å²) in [5.41, 5.74) is 2.19. The van der Waals surface area contributed by atoms with E-state index in [2.05, 4.69) is 4.98 Å². The van der Waals surface area contributed by atoms with Gasteiger partial charge in [0, 0.05) is 18.9 Å². The van der Waals surface area contributed by atoms with Crippen LogP contribution < -0.4 is 0 Å². The van der Waals surface area contributed by atoms with Crippen LogP contribution in [0.1, 0.15) is 29.6 Å². The molecule has 1 heterocycles. The second kappa shape index (κ2) is 3.25. The topological polar surface area (TPSA) is 43.1 Å². The zero-order valence-corrected chi connectivity index (χ0v) is 8.20. The van der Waals surface area contributed by atoms with Gasteiger partial charge in [0.05, 0.1) is 0 Å². The molecular formula is C11H11NO2. The fourth-order valence-electron chi connectivity index (χ4n) is 1.42. The van der Waals surface area contributed by atoms with Gasteiger partial charge in [-0.3, -0.25) is 4.79 Å². The highest BCUT2D eigenvalue weighted by molar-refractivity contribution is 5.98. The van der Waals surface area contributed by atoms with Gasteiger partial charge in [0.25, 0.3) is 0 Å². The van der Waals surface area contributed by atoms with Crippen LogP contribution in [-0.4, -0.2) is 10.8 Å². The van der Waals surface area contributed by atoms with Gasteiger partial charge < -0.3 is 4.42 Å². The first kappa shape index (κ1) is 8.94. The van der Waals surface area contributed by atoms with Crippen molar-refractivity contribution in [1.82, 2.24) is 4.98 Å². The van der Waals surface area contributed by atoms with Crippen LogP contribution in [0.3, 0.4) is 0 Å². The molecule has 0 amide bonds. The van der Waals surface area contributed by atoms with Crippen LogP contribution in [0.5, 0.6) is 0 Å². The van der Waals surface area contributed by atoms with Crippen molar-refractivity contribution in [3.05, 3.63) is 29.7 Å². The Hall–Kier alpha value is -1.64. The van der Waals surface area contributed by atoms with E-state index >= 15 is 0 Å². The molecule has 0 saturated carbocycles. The standard InChI is InChI=1S/C11H11NO2/c1-3-10(13)8-4-5-11-9(6-8)12-7(2)14-11/h4-6H,3H2,1-2H3. The van der Waals surface area contributed by atoms with Crippen molar-refractivity contribution < 1.29 is 9.21 Å². The van der Waals surface area contributed by atoms with Crippen molar-refractivity contribution in [2.45, 2.75) is 20.3 Å². The molecule has 0 saturated heterocycles. The molecule has 0 atom stereocenters. The molecule has 1 aromatic carbocycles. The Bertz CT molecular complexity index is 485. The molecule has 0 unspecified atom stereocenters. The molecule has 0 fully saturated rings. The summed E-state index contributed by atoms with van der Waals surface area (Å²) in [6, 6.07) is 5.34. The highest BCUT2D eigenvalue weighted by atomic mass is 16.3. The van der Waals surface area contributed by atoms with E-state index in [4.69, 9.17) is 4.42 Å². The summed E-state index contributed by atoms with van der Waals surface area (Å²) in [5.74, 6) is 0.758. The maximum Gasteiger partial charge on any atom is 0.192 e. The molecule has 0 radical (unpaired) electrons. The molecule has 72 valence electrons. The van der Waals surface area contributed by atoms with Crippen molar-refractivity contribution in [2.75, 3.05) is 0 Å². The second-order valence-electron chi connectivity index (χ2n) is 3.19. The summed E-state index contributed by atoms with van der Waals surface area (Å²) < 4.78 is 5.31. The summed E-state index contributed by atoms with van der Waals surface area (Å²) >= 11 is 0. The van der Waals surface area contributed by atoms with E-state index in [1.165, 1.54) is 0 Å². The first-order valence-electron chi connectivity index (χ1n) is 4.61. The van der Waals surface area contributed by atoms with Gasteiger partial charge in [-0.2, -0.15) is 0 Å². The lowest BCUT2D eigenvalue weighted by molar-refractivity contribution is 0.0988. The average Bonchev–Trinajstić information content (AvgIpc) is 2.55. The third-order valence-electron chi connectivity index (χ3n) is 2.14. The largest absolute Gasteiger partial charge is 0.441 e. The first-order chi connectivity index (χ1) is 6.70. The van der Waals surface area contributed by atoms with Crippen molar-refractivity contribution in [3.63, 3.8) is 0 Å². The number of carbonyl (C=O) groups is 1. The number of Topliss-reactive ketones (excluding diaryl/α,β-unsaturated/α-hetero) is 1. The molecule has 0 aliphatic carbocycles. The molecule has 2 rings (SSSR count). The van der Waals surface area contributed by atoms with Crippen molar-refractivity contribution in [1.29, 1.82) is 0 Å². The van der Waals surface area contributed by atoms with Crippen LogP contribution >= 0.6 is 0 Å². The third kappa shape index (κ3) is 1.41. The smallest absolute Gasteiger partial charge is 0.192 e. The number of ketones is 1. The first-order valence-corrected chi connectivity index (χ1v) is 4.61. The van der Waals surface area contributed by atoms with Crippen LogP contribution in [0, 0.1) is 6.92 Å². The van der Waals surface area contributed by atoms with Crippen molar-refractivity contribution in [2.24, 2.45) is 0 Å². The Labute approximate surface area is 81.7 Å². The molecule has 3 heteroatoms. The van der Waals surface area contributed by atoms with Crippen LogP contribution in [0.15, 0.2) is 22.6 Å². The highest BCUT2D eigenvalue weighted by Crippen LogP contribution is 2.17. The SMILES string of the molecule is CCC(=O)c1ccc2oc(C)nc2c1. The van der Waals surface area contributed by atoms with E-state index in [1.54, 1.807) is 25.1 Å². The predicted molar refractivity (Wildman–Crippen MR) is 53.4 cm³/mol. The molecule has 0 bridgehead atoms. The lowest BCUT2D eigenvalue weighted by Gasteiger charge is -1.95. The number of aryl methyl sites for hydroxylation is 1. The van der Waals surface area contributed by atoms with Crippen molar-refractivity contribution in [3.8, 4) is 0 Å². The number of hydrogen-bond acceptors (Lipinski definition) is 3. The Kier molecular flexibility index (Phi) is 2.08. The number of benzene rings is 1. The summed E-state index contributed by atoms with van der Waals surface area (Å²) in [7, 11) is 0. The van der Waals surface area contributed by atoms with Gasteiger partial charge in [-0.05, 0) is 18.2 Å². The maximum atomic E-state index is 11.4. The van der Waals surface area contributed by atoms with E-state index in [-0.39, 0.29) is 5.78 Å². The fraction of sp³-hybridized carbons (Fsp3) is 0.273. The molecule has 2 aromatic rings. The summed E-state index contributed by atoms with van der Waals surface area (Å²) in [4.78, 5) is 15.6. The maximum absolute atomic E-state index is 11.4. The van der Waals surface area contributed by atoms with Gasteiger partial charge in [-0.1, -0.05) is 6.92 Å². The Balaban J connectivity index is 2.55. The van der Waals surface area contributed by atoms with Crippen molar-refractivity contribution >= 4 is 16.9 Å². The van der Waals surface area contributed by atoms with E-state index in [0.717, 1.165) is 11.1 Å². The Morgan fingerprint density at radius 1 is 1.50 bits per heavy atom. The number of nitrogens with zero attached hydrogens (tertiary/aromatic N) is 1. The average molecular weight is 189 g/mol. The van der Waals surface area contributed by atoms with Crippen LogP contribution in [-0.2, 0) is 0 Å². The second-order valence-corrected chi connectivity index (χ2v) is 3.19. The highest BCUT2D eigenvalue weighted by Gasteiger charge is 2.07. The zero-order valence-electron chi connectivity index (χ0n) is 8.20. The number of carbonyl (C=O) groups excluding carboxylic acids is 1. The number of hydrogen-bond donors (Lipinski definition) is 0. The molecule has 1 aromatic heterocycles. The molecular weight excluding hydrogens is 178 g/mol. The normalized spacial score (nSPS) is 10.7. The van der Waals surface area contributed by atoms with E-state index in [1.807, 2.05) is 6.92 Å². The number of rotatable bonds is 2. The predicted octanol–water partition coefficient (Wildman–Crippen LogP) is 2.73. The Morgan fingerprint density at radius 3 is 3.00 bits per heavy atom. The van der Waals surface area contributed by atoms with E-state index in [9.17, 15) is 4.79 Å². The molecule has 14 heavy (non-hydrogen) atoms. The molecule has 3 nitrogen and oxygen atoms in total. The zero-order chi connectivity index (χ0) is 10.1.